The maximum absolute atomic E-state index is 10.3. The van der Waals surface area contributed by atoms with Crippen molar-refractivity contribution in [3.05, 3.63) is 24.0 Å². The fourth-order valence-corrected chi connectivity index (χ4v) is 0.780. The van der Waals surface area contributed by atoms with Crippen molar-refractivity contribution in [1.82, 2.24) is 10.2 Å². The van der Waals surface area contributed by atoms with Gasteiger partial charge in [-0.05, 0) is 18.1 Å². The van der Waals surface area contributed by atoms with Gasteiger partial charge in [-0.1, -0.05) is 0 Å². The summed E-state index contributed by atoms with van der Waals surface area (Å²) < 4.78 is 0. The van der Waals surface area contributed by atoms with Gasteiger partial charge < -0.3 is 10.8 Å². The number of aromatic nitrogens is 2. The van der Waals surface area contributed by atoms with Crippen molar-refractivity contribution in [3.8, 4) is 0 Å². The fourth-order valence-electron chi connectivity index (χ4n) is 0.780. The largest absolute Gasteiger partial charge is 0.480 e. The average molecular weight is 167 g/mol. The molecule has 1 atom stereocenters. The first-order valence-corrected chi connectivity index (χ1v) is 3.44. The first-order valence-electron chi connectivity index (χ1n) is 3.44. The van der Waals surface area contributed by atoms with Crippen LogP contribution in [0.3, 0.4) is 0 Å². The fraction of sp³-hybridized carbons (Fsp3) is 0.286. The Bertz CT molecular complexity index is 263. The zero-order valence-corrected chi connectivity index (χ0v) is 6.34. The summed E-state index contributed by atoms with van der Waals surface area (Å²) >= 11 is 0. The van der Waals surface area contributed by atoms with Crippen LogP contribution in [0.4, 0.5) is 0 Å². The Balaban J connectivity index is 2.58. The molecule has 5 nitrogen and oxygen atoms in total. The molecule has 0 spiro atoms. The monoisotopic (exact) mass is 167 g/mol. The number of carboxylic acid groups (broad SMARTS) is 1. The topological polar surface area (TPSA) is 89.1 Å². The van der Waals surface area contributed by atoms with Gasteiger partial charge in [0.25, 0.3) is 0 Å². The highest BCUT2D eigenvalue weighted by Crippen LogP contribution is 1.97. The van der Waals surface area contributed by atoms with Gasteiger partial charge in [-0.2, -0.15) is 10.2 Å². The molecule has 1 aromatic heterocycles. The summed E-state index contributed by atoms with van der Waals surface area (Å²) in [7, 11) is 0. The highest BCUT2D eigenvalue weighted by molar-refractivity contribution is 5.73. The lowest BCUT2D eigenvalue weighted by molar-refractivity contribution is -0.138. The van der Waals surface area contributed by atoms with Crippen LogP contribution in [-0.4, -0.2) is 27.3 Å². The number of carbonyl (C=O) groups is 1. The molecule has 1 aromatic rings. The molecule has 0 aliphatic rings. The van der Waals surface area contributed by atoms with Crippen molar-refractivity contribution in [2.45, 2.75) is 12.5 Å². The second-order valence-electron chi connectivity index (χ2n) is 2.40. The molecule has 0 fully saturated rings. The van der Waals surface area contributed by atoms with Gasteiger partial charge in [-0.3, -0.25) is 4.79 Å². The Hall–Kier alpha value is -1.49. The number of aliphatic carboxylic acids is 1. The van der Waals surface area contributed by atoms with Crippen LogP contribution in [0, 0.1) is 0 Å². The standard InChI is InChI=1S/C7H9N3O2/c8-6(7(11)12)3-5-1-2-9-10-4-5/h1-2,4,6H,3,8H2,(H,11,12). The second-order valence-corrected chi connectivity index (χ2v) is 2.40. The van der Waals surface area contributed by atoms with Gasteiger partial charge in [0, 0.05) is 6.20 Å². The third kappa shape index (κ3) is 2.28. The van der Waals surface area contributed by atoms with Crippen LogP contribution in [0.1, 0.15) is 5.56 Å². The molecule has 1 rings (SSSR count). The molecule has 0 saturated carbocycles. The second kappa shape index (κ2) is 3.77. The molecule has 1 heterocycles. The first-order chi connectivity index (χ1) is 5.70. The maximum atomic E-state index is 10.3. The highest BCUT2D eigenvalue weighted by atomic mass is 16.4. The van der Waals surface area contributed by atoms with Crippen LogP contribution in [0.2, 0.25) is 0 Å². The summed E-state index contributed by atoms with van der Waals surface area (Å²) in [6.45, 7) is 0. The number of nitrogens with two attached hydrogens (primary N) is 1. The summed E-state index contributed by atoms with van der Waals surface area (Å²) in [6, 6.07) is 0.824. The van der Waals surface area contributed by atoms with Gasteiger partial charge in [-0.15, -0.1) is 0 Å². The van der Waals surface area contributed by atoms with Crippen LogP contribution in [0.15, 0.2) is 18.5 Å². The van der Waals surface area contributed by atoms with E-state index in [0.717, 1.165) is 5.56 Å². The molecule has 12 heavy (non-hydrogen) atoms. The van der Waals surface area contributed by atoms with Crippen LogP contribution < -0.4 is 5.73 Å². The Morgan fingerprint density at radius 2 is 2.42 bits per heavy atom. The lowest BCUT2D eigenvalue weighted by Gasteiger charge is -2.04. The van der Waals surface area contributed by atoms with Crippen LogP contribution >= 0.6 is 0 Å². The minimum Gasteiger partial charge on any atom is -0.480 e. The summed E-state index contributed by atoms with van der Waals surface area (Å²) in [5.41, 5.74) is 6.08. The smallest absolute Gasteiger partial charge is 0.320 e. The maximum Gasteiger partial charge on any atom is 0.320 e. The van der Waals surface area contributed by atoms with Gasteiger partial charge >= 0.3 is 5.97 Å². The van der Waals surface area contributed by atoms with Crippen molar-refractivity contribution in [1.29, 1.82) is 0 Å². The zero-order chi connectivity index (χ0) is 8.97. The molecule has 0 bridgehead atoms. The van der Waals surface area contributed by atoms with Crippen LogP contribution in [-0.2, 0) is 11.2 Å². The minimum atomic E-state index is -1.01. The van der Waals surface area contributed by atoms with Gasteiger partial charge in [0.2, 0.25) is 0 Å². The molecule has 0 saturated heterocycles. The molecule has 1 unspecified atom stereocenters. The summed E-state index contributed by atoms with van der Waals surface area (Å²) in [5, 5.41) is 15.6. The third-order valence-corrected chi connectivity index (χ3v) is 1.42. The number of nitrogens with zero attached hydrogens (tertiary/aromatic N) is 2. The molecule has 0 amide bonds. The van der Waals surface area contributed by atoms with Crippen molar-refractivity contribution >= 4 is 5.97 Å². The summed E-state index contributed by atoms with van der Waals surface area (Å²) in [4.78, 5) is 10.3. The van der Waals surface area contributed by atoms with E-state index in [-0.39, 0.29) is 6.42 Å². The normalized spacial score (nSPS) is 12.4. The molecule has 5 heteroatoms. The molecule has 0 radical (unpaired) electrons. The molecule has 3 N–H and O–H groups in total. The predicted octanol–water partition coefficient (Wildman–Crippen LogP) is -0.569. The van der Waals surface area contributed by atoms with Gasteiger partial charge in [0.15, 0.2) is 0 Å². The average Bonchev–Trinajstić information content (AvgIpc) is 2.06. The van der Waals surface area contributed by atoms with E-state index >= 15 is 0 Å². The van der Waals surface area contributed by atoms with Crippen molar-refractivity contribution < 1.29 is 9.90 Å². The van der Waals surface area contributed by atoms with Crippen LogP contribution in [0.5, 0.6) is 0 Å². The van der Waals surface area contributed by atoms with E-state index in [2.05, 4.69) is 10.2 Å². The Labute approximate surface area is 69.2 Å². The summed E-state index contributed by atoms with van der Waals surface area (Å²) in [5.74, 6) is -1.01. The lowest BCUT2D eigenvalue weighted by atomic mass is 10.1. The van der Waals surface area contributed by atoms with Crippen molar-refractivity contribution in [2.75, 3.05) is 0 Å². The molecule has 64 valence electrons. The third-order valence-electron chi connectivity index (χ3n) is 1.42. The number of carboxylic acids is 1. The molecular formula is C7H9N3O2. The van der Waals surface area contributed by atoms with E-state index in [1.54, 1.807) is 6.07 Å². The van der Waals surface area contributed by atoms with Gasteiger partial charge in [-0.25, -0.2) is 0 Å². The van der Waals surface area contributed by atoms with Crippen LogP contribution in [0.25, 0.3) is 0 Å². The number of hydrogen-bond donors (Lipinski definition) is 2. The van der Waals surface area contributed by atoms with Gasteiger partial charge in [0.1, 0.15) is 6.04 Å². The Morgan fingerprint density at radius 3 is 2.92 bits per heavy atom. The molecule has 0 aliphatic carbocycles. The highest BCUT2D eigenvalue weighted by Gasteiger charge is 2.11. The van der Waals surface area contributed by atoms with E-state index in [1.807, 2.05) is 0 Å². The van der Waals surface area contributed by atoms with Crippen molar-refractivity contribution in [3.63, 3.8) is 0 Å². The predicted molar refractivity (Wildman–Crippen MR) is 41.3 cm³/mol. The summed E-state index contributed by atoms with van der Waals surface area (Å²) in [6.07, 6.45) is 3.29. The number of rotatable bonds is 3. The minimum absolute atomic E-state index is 0.283. The molecule has 0 aromatic carbocycles. The Kier molecular flexibility index (Phi) is 2.71. The zero-order valence-electron chi connectivity index (χ0n) is 6.34. The first kappa shape index (κ1) is 8.61. The number of hydrogen-bond acceptors (Lipinski definition) is 4. The van der Waals surface area contributed by atoms with Gasteiger partial charge in [0.05, 0.1) is 6.20 Å². The quantitative estimate of drug-likeness (QED) is 0.629. The lowest BCUT2D eigenvalue weighted by Crippen LogP contribution is -2.32. The Morgan fingerprint density at radius 1 is 1.67 bits per heavy atom. The molecular weight excluding hydrogens is 158 g/mol. The van der Waals surface area contributed by atoms with E-state index in [9.17, 15) is 4.79 Å². The molecule has 0 aliphatic heterocycles. The SMILES string of the molecule is NC(Cc1ccnnc1)C(=O)O. The van der Waals surface area contributed by atoms with Crippen molar-refractivity contribution in [2.24, 2.45) is 5.73 Å². The van der Waals surface area contributed by atoms with E-state index in [1.165, 1.54) is 12.4 Å². The van der Waals surface area contributed by atoms with E-state index in [0.29, 0.717) is 0 Å². The van der Waals surface area contributed by atoms with E-state index in [4.69, 9.17) is 10.8 Å². The van der Waals surface area contributed by atoms with E-state index < -0.39 is 12.0 Å².